The van der Waals surface area contributed by atoms with Crippen LogP contribution in [0, 0.1) is 5.82 Å². The number of benzene rings is 1. The number of rotatable bonds is 2. The van der Waals surface area contributed by atoms with E-state index in [1.54, 1.807) is 13.0 Å². The molecule has 0 saturated carbocycles. The summed E-state index contributed by atoms with van der Waals surface area (Å²) in [6, 6.07) is 3.73. The third-order valence-electron chi connectivity index (χ3n) is 1.77. The molecule has 1 aromatic carbocycles. The Bertz CT molecular complexity index is 304. The highest BCUT2D eigenvalue weighted by Crippen LogP contribution is 2.25. The van der Waals surface area contributed by atoms with Gasteiger partial charge in [0.1, 0.15) is 5.82 Å². The SMILES string of the molecule is CC(N)C(O)c1cc(F)ccc1Br. The maximum Gasteiger partial charge on any atom is 0.123 e. The van der Waals surface area contributed by atoms with Gasteiger partial charge in [0.25, 0.3) is 0 Å². The lowest BCUT2D eigenvalue weighted by atomic mass is 10.0. The molecule has 0 aliphatic heterocycles. The van der Waals surface area contributed by atoms with Gasteiger partial charge >= 0.3 is 0 Å². The Labute approximate surface area is 84.7 Å². The van der Waals surface area contributed by atoms with Crippen LogP contribution >= 0.6 is 15.9 Å². The molecule has 0 fully saturated rings. The molecule has 0 radical (unpaired) electrons. The molecular formula is C9H11BrFNO. The van der Waals surface area contributed by atoms with Crippen molar-refractivity contribution in [3.8, 4) is 0 Å². The smallest absolute Gasteiger partial charge is 0.123 e. The van der Waals surface area contributed by atoms with Crippen molar-refractivity contribution in [3.63, 3.8) is 0 Å². The second-order valence-electron chi connectivity index (χ2n) is 2.97. The van der Waals surface area contributed by atoms with Crippen LogP contribution in [0.5, 0.6) is 0 Å². The molecule has 3 N–H and O–H groups in total. The minimum Gasteiger partial charge on any atom is -0.387 e. The lowest BCUT2D eigenvalue weighted by Gasteiger charge is -2.16. The molecule has 2 nitrogen and oxygen atoms in total. The standard InChI is InChI=1S/C9H11BrFNO/c1-5(12)9(13)7-4-6(11)2-3-8(7)10/h2-5,9,13H,12H2,1H3. The Kier molecular flexibility index (Phi) is 3.41. The van der Waals surface area contributed by atoms with Crippen molar-refractivity contribution >= 4 is 15.9 Å². The van der Waals surface area contributed by atoms with E-state index in [9.17, 15) is 9.50 Å². The minimum absolute atomic E-state index is 0.377. The van der Waals surface area contributed by atoms with Crippen LogP contribution in [0.3, 0.4) is 0 Å². The second-order valence-corrected chi connectivity index (χ2v) is 3.82. The van der Waals surface area contributed by atoms with Crippen molar-refractivity contribution in [1.29, 1.82) is 0 Å². The Morgan fingerprint density at radius 1 is 1.54 bits per heavy atom. The molecule has 2 unspecified atom stereocenters. The molecule has 0 amide bonds. The molecule has 1 rings (SSSR count). The van der Waals surface area contributed by atoms with Crippen molar-refractivity contribution in [3.05, 3.63) is 34.1 Å². The highest BCUT2D eigenvalue weighted by Gasteiger charge is 2.15. The number of hydrogen-bond donors (Lipinski definition) is 2. The normalized spacial score (nSPS) is 15.5. The highest BCUT2D eigenvalue weighted by molar-refractivity contribution is 9.10. The summed E-state index contributed by atoms with van der Waals surface area (Å²) >= 11 is 3.22. The van der Waals surface area contributed by atoms with Gasteiger partial charge in [-0.2, -0.15) is 0 Å². The van der Waals surface area contributed by atoms with E-state index in [0.29, 0.717) is 10.0 Å². The molecule has 0 heterocycles. The quantitative estimate of drug-likeness (QED) is 0.840. The van der Waals surface area contributed by atoms with Gasteiger partial charge in [-0.15, -0.1) is 0 Å². The van der Waals surface area contributed by atoms with Gasteiger partial charge in [0.05, 0.1) is 6.10 Å². The summed E-state index contributed by atoms with van der Waals surface area (Å²) in [5.41, 5.74) is 5.98. The van der Waals surface area contributed by atoms with Crippen molar-refractivity contribution < 1.29 is 9.50 Å². The summed E-state index contributed by atoms with van der Waals surface area (Å²) in [4.78, 5) is 0. The van der Waals surface area contributed by atoms with E-state index in [4.69, 9.17) is 5.73 Å². The van der Waals surface area contributed by atoms with E-state index in [-0.39, 0.29) is 5.82 Å². The van der Waals surface area contributed by atoms with E-state index in [2.05, 4.69) is 15.9 Å². The highest BCUT2D eigenvalue weighted by atomic mass is 79.9. The lowest BCUT2D eigenvalue weighted by molar-refractivity contribution is 0.152. The van der Waals surface area contributed by atoms with E-state index in [0.717, 1.165) is 0 Å². The van der Waals surface area contributed by atoms with Gasteiger partial charge in [-0.1, -0.05) is 15.9 Å². The van der Waals surface area contributed by atoms with Crippen molar-refractivity contribution in [2.24, 2.45) is 5.73 Å². The zero-order valence-corrected chi connectivity index (χ0v) is 8.75. The van der Waals surface area contributed by atoms with Crippen LogP contribution in [0.2, 0.25) is 0 Å². The summed E-state index contributed by atoms with van der Waals surface area (Å²) < 4.78 is 13.5. The van der Waals surface area contributed by atoms with Crippen LogP contribution in [0.25, 0.3) is 0 Å². The van der Waals surface area contributed by atoms with E-state index in [1.165, 1.54) is 12.1 Å². The Morgan fingerprint density at radius 3 is 2.69 bits per heavy atom. The molecule has 0 aliphatic carbocycles. The second kappa shape index (κ2) is 4.17. The van der Waals surface area contributed by atoms with Crippen molar-refractivity contribution in [1.82, 2.24) is 0 Å². The summed E-state index contributed by atoms with van der Waals surface area (Å²) in [6.07, 6.45) is -0.843. The van der Waals surface area contributed by atoms with Crippen LogP contribution in [0.15, 0.2) is 22.7 Å². The third-order valence-corrected chi connectivity index (χ3v) is 2.50. The molecule has 0 bridgehead atoms. The average molecular weight is 248 g/mol. The number of nitrogens with two attached hydrogens (primary N) is 1. The molecule has 0 aliphatic rings. The molecule has 0 aromatic heterocycles. The van der Waals surface area contributed by atoms with Crippen LogP contribution in [0.4, 0.5) is 4.39 Å². The molecule has 0 spiro atoms. The minimum atomic E-state index is -0.843. The fourth-order valence-electron chi connectivity index (χ4n) is 1.02. The zero-order chi connectivity index (χ0) is 10.0. The maximum atomic E-state index is 12.8. The summed E-state index contributed by atoms with van der Waals surface area (Å²) in [7, 11) is 0. The number of aliphatic hydroxyl groups excluding tert-OH is 1. The third kappa shape index (κ3) is 2.49. The molecule has 13 heavy (non-hydrogen) atoms. The first-order valence-electron chi connectivity index (χ1n) is 3.91. The predicted molar refractivity (Wildman–Crippen MR) is 52.7 cm³/mol. The van der Waals surface area contributed by atoms with Gasteiger partial charge in [0.2, 0.25) is 0 Å². The number of hydrogen-bond acceptors (Lipinski definition) is 2. The fourth-order valence-corrected chi connectivity index (χ4v) is 1.51. The van der Waals surface area contributed by atoms with Gasteiger partial charge in [0.15, 0.2) is 0 Å². The molecule has 1 aromatic rings. The maximum absolute atomic E-state index is 12.8. The zero-order valence-electron chi connectivity index (χ0n) is 7.17. The lowest BCUT2D eigenvalue weighted by Crippen LogP contribution is -2.24. The summed E-state index contributed by atoms with van der Waals surface area (Å²) in [5.74, 6) is -0.377. The number of halogens is 2. The molecule has 4 heteroatoms. The fraction of sp³-hybridized carbons (Fsp3) is 0.333. The van der Waals surface area contributed by atoms with Gasteiger partial charge in [-0.05, 0) is 30.7 Å². The van der Waals surface area contributed by atoms with Crippen molar-refractivity contribution in [2.45, 2.75) is 19.1 Å². The first-order valence-corrected chi connectivity index (χ1v) is 4.70. The monoisotopic (exact) mass is 247 g/mol. The largest absolute Gasteiger partial charge is 0.387 e. The Balaban J connectivity index is 3.05. The van der Waals surface area contributed by atoms with Gasteiger partial charge in [0, 0.05) is 10.5 Å². The summed E-state index contributed by atoms with van der Waals surface area (Å²) in [5, 5.41) is 9.58. The molecule has 0 saturated heterocycles. The van der Waals surface area contributed by atoms with E-state index < -0.39 is 12.1 Å². The van der Waals surface area contributed by atoms with E-state index >= 15 is 0 Å². The topological polar surface area (TPSA) is 46.2 Å². The van der Waals surface area contributed by atoms with Gasteiger partial charge in [-0.3, -0.25) is 0 Å². The van der Waals surface area contributed by atoms with Gasteiger partial charge < -0.3 is 10.8 Å². The number of aliphatic hydroxyl groups is 1. The molecule has 2 atom stereocenters. The predicted octanol–water partition coefficient (Wildman–Crippen LogP) is 1.97. The van der Waals surface area contributed by atoms with Crippen LogP contribution in [-0.2, 0) is 0 Å². The van der Waals surface area contributed by atoms with Gasteiger partial charge in [-0.25, -0.2) is 4.39 Å². The Hall–Kier alpha value is -0.450. The summed E-state index contributed by atoms with van der Waals surface area (Å²) in [6.45, 7) is 1.67. The average Bonchev–Trinajstić information content (AvgIpc) is 2.08. The molecular weight excluding hydrogens is 237 g/mol. The van der Waals surface area contributed by atoms with Crippen LogP contribution < -0.4 is 5.73 Å². The first-order chi connectivity index (χ1) is 6.02. The van der Waals surface area contributed by atoms with Crippen LogP contribution in [0.1, 0.15) is 18.6 Å². The van der Waals surface area contributed by atoms with E-state index in [1.807, 2.05) is 0 Å². The Morgan fingerprint density at radius 2 is 2.15 bits per heavy atom. The van der Waals surface area contributed by atoms with Crippen LogP contribution in [-0.4, -0.2) is 11.1 Å². The molecule has 72 valence electrons. The first kappa shape index (κ1) is 10.6. The van der Waals surface area contributed by atoms with Crippen molar-refractivity contribution in [2.75, 3.05) is 0 Å².